The molecule has 0 spiro atoms. The molecule has 1 N–H and O–H groups in total. The number of aromatic nitrogens is 2. The lowest BCUT2D eigenvalue weighted by atomic mass is 10.2. The predicted molar refractivity (Wildman–Crippen MR) is 69.4 cm³/mol. The first-order valence-electron chi connectivity index (χ1n) is 6.35. The molecule has 1 aromatic rings. The number of aliphatic hydroxyl groups excluding tert-OH is 1. The van der Waals surface area contributed by atoms with Crippen molar-refractivity contribution in [2.24, 2.45) is 0 Å². The highest BCUT2D eigenvalue weighted by atomic mass is 35.5. The molecule has 1 aromatic heterocycles. The van der Waals surface area contributed by atoms with Crippen LogP contribution in [0.2, 0.25) is 5.28 Å². The molecule has 2 unspecified atom stereocenters. The number of rotatable bonds is 6. The van der Waals surface area contributed by atoms with Gasteiger partial charge in [-0.15, -0.1) is 0 Å². The largest absolute Gasteiger partial charge is 0.394 e. The molecule has 0 saturated carbocycles. The van der Waals surface area contributed by atoms with Gasteiger partial charge in [-0.2, -0.15) is 0 Å². The van der Waals surface area contributed by atoms with Gasteiger partial charge in [-0.3, -0.25) is 4.57 Å². The Morgan fingerprint density at radius 3 is 3.05 bits per heavy atom. The SMILES string of the molecule is O=[N+]([O-])c1cn(CC(CO)OC2CCCCO2)c(Cl)n1. The second-order valence-corrected chi connectivity index (χ2v) is 4.85. The topological polar surface area (TPSA) is 99.7 Å². The van der Waals surface area contributed by atoms with Crippen molar-refractivity contribution in [2.45, 2.75) is 38.2 Å². The lowest BCUT2D eigenvalue weighted by Gasteiger charge is -2.26. The van der Waals surface area contributed by atoms with Crippen molar-refractivity contribution in [1.82, 2.24) is 9.55 Å². The third-order valence-electron chi connectivity index (χ3n) is 2.99. The van der Waals surface area contributed by atoms with Crippen molar-refractivity contribution in [2.75, 3.05) is 13.2 Å². The summed E-state index contributed by atoms with van der Waals surface area (Å²) in [4.78, 5) is 13.6. The molecular weight excluding hydrogens is 290 g/mol. The van der Waals surface area contributed by atoms with Crippen LogP contribution in [0.25, 0.3) is 0 Å². The van der Waals surface area contributed by atoms with Crippen LogP contribution in [-0.4, -0.2) is 45.2 Å². The average molecular weight is 306 g/mol. The van der Waals surface area contributed by atoms with E-state index in [4.69, 9.17) is 21.1 Å². The monoisotopic (exact) mass is 305 g/mol. The number of nitrogens with zero attached hydrogens (tertiary/aromatic N) is 3. The van der Waals surface area contributed by atoms with E-state index < -0.39 is 11.0 Å². The van der Waals surface area contributed by atoms with Crippen molar-refractivity contribution in [3.63, 3.8) is 0 Å². The Bertz CT molecular complexity index is 461. The smallest absolute Gasteiger partial charge is 0.383 e. The number of aliphatic hydroxyl groups is 1. The molecule has 1 fully saturated rings. The minimum atomic E-state index is -0.624. The highest BCUT2D eigenvalue weighted by molar-refractivity contribution is 6.28. The molecule has 9 heteroatoms. The summed E-state index contributed by atoms with van der Waals surface area (Å²) in [5, 5.41) is 19.9. The maximum Gasteiger partial charge on any atom is 0.383 e. The minimum Gasteiger partial charge on any atom is -0.394 e. The number of hydrogen-bond donors (Lipinski definition) is 1. The zero-order valence-electron chi connectivity index (χ0n) is 10.8. The Balaban J connectivity index is 1.96. The lowest BCUT2D eigenvalue weighted by molar-refractivity contribution is -0.389. The summed E-state index contributed by atoms with van der Waals surface area (Å²) >= 11 is 5.81. The van der Waals surface area contributed by atoms with Crippen molar-refractivity contribution < 1.29 is 19.5 Å². The van der Waals surface area contributed by atoms with Gasteiger partial charge in [0.1, 0.15) is 12.3 Å². The van der Waals surface area contributed by atoms with Crippen molar-refractivity contribution in [3.8, 4) is 0 Å². The summed E-state index contributed by atoms with van der Waals surface area (Å²) in [5.41, 5.74) is 0. The minimum absolute atomic E-state index is 0.0108. The first-order chi connectivity index (χ1) is 9.60. The van der Waals surface area contributed by atoms with E-state index in [0.29, 0.717) is 6.61 Å². The van der Waals surface area contributed by atoms with E-state index in [0.717, 1.165) is 19.3 Å². The van der Waals surface area contributed by atoms with Crippen LogP contribution in [0, 0.1) is 10.1 Å². The van der Waals surface area contributed by atoms with E-state index in [1.807, 2.05) is 0 Å². The maximum absolute atomic E-state index is 10.6. The van der Waals surface area contributed by atoms with Gasteiger partial charge in [0, 0.05) is 6.61 Å². The van der Waals surface area contributed by atoms with Crippen LogP contribution in [0.1, 0.15) is 19.3 Å². The third kappa shape index (κ3) is 3.89. The van der Waals surface area contributed by atoms with Gasteiger partial charge in [-0.1, -0.05) is 0 Å². The fraction of sp³-hybridized carbons (Fsp3) is 0.727. The standard InChI is InChI=1S/C11H16ClN3O5/c12-11-13-9(15(17)18)6-14(11)5-8(7-16)20-10-3-1-2-4-19-10/h6,8,10,16H,1-5,7H2. The van der Waals surface area contributed by atoms with Gasteiger partial charge < -0.3 is 24.7 Å². The van der Waals surface area contributed by atoms with Crippen LogP contribution >= 0.6 is 11.6 Å². The molecule has 0 bridgehead atoms. The highest BCUT2D eigenvalue weighted by Gasteiger charge is 2.23. The van der Waals surface area contributed by atoms with Crippen molar-refractivity contribution >= 4 is 17.4 Å². The van der Waals surface area contributed by atoms with E-state index >= 15 is 0 Å². The van der Waals surface area contributed by atoms with Gasteiger partial charge in [-0.05, 0) is 40.8 Å². The van der Waals surface area contributed by atoms with Gasteiger partial charge in [0.2, 0.25) is 0 Å². The third-order valence-corrected chi connectivity index (χ3v) is 3.29. The first kappa shape index (κ1) is 15.2. The van der Waals surface area contributed by atoms with E-state index in [2.05, 4.69) is 4.98 Å². The number of halogens is 1. The first-order valence-corrected chi connectivity index (χ1v) is 6.73. The average Bonchev–Trinajstić information content (AvgIpc) is 2.81. The fourth-order valence-corrected chi connectivity index (χ4v) is 2.20. The number of nitro groups is 1. The van der Waals surface area contributed by atoms with E-state index in [9.17, 15) is 15.2 Å². The molecule has 2 rings (SSSR count). The van der Waals surface area contributed by atoms with Crippen LogP contribution in [0.3, 0.4) is 0 Å². The lowest BCUT2D eigenvalue weighted by Crippen LogP contribution is -2.32. The Morgan fingerprint density at radius 1 is 1.70 bits per heavy atom. The summed E-state index contributed by atoms with van der Waals surface area (Å²) in [6, 6.07) is 0. The summed E-state index contributed by atoms with van der Waals surface area (Å²) in [5.74, 6) is -0.333. The zero-order chi connectivity index (χ0) is 14.5. The quantitative estimate of drug-likeness (QED) is 0.629. The molecule has 0 aromatic carbocycles. The van der Waals surface area contributed by atoms with Crippen LogP contribution in [-0.2, 0) is 16.0 Å². The van der Waals surface area contributed by atoms with E-state index in [-0.39, 0.29) is 30.5 Å². The number of ether oxygens (including phenoxy) is 2. The molecule has 112 valence electrons. The summed E-state index contributed by atoms with van der Waals surface area (Å²) in [6.45, 7) is 0.582. The molecule has 1 saturated heterocycles. The molecule has 0 aliphatic carbocycles. The Labute approximate surface area is 120 Å². The van der Waals surface area contributed by atoms with Gasteiger partial charge in [-0.25, -0.2) is 0 Å². The number of hydrogen-bond acceptors (Lipinski definition) is 6. The van der Waals surface area contributed by atoms with Gasteiger partial charge in [0.15, 0.2) is 6.29 Å². The zero-order valence-corrected chi connectivity index (χ0v) is 11.5. The second kappa shape index (κ2) is 6.98. The summed E-state index contributed by atoms with van der Waals surface area (Å²) < 4.78 is 12.4. The molecule has 8 nitrogen and oxygen atoms in total. The molecule has 20 heavy (non-hydrogen) atoms. The van der Waals surface area contributed by atoms with Crippen molar-refractivity contribution in [3.05, 3.63) is 21.6 Å². The Morgan fingerprint density at radius 2 is 2.50 bits per heavy atom. The molecule has 1 aliphatic heterocycles. The Hall–Kier alpha value is -1.22. The molecule has 0 radical (unpaired) electrons. The van der Waals surface area contributed by atoms with E-state index in [1.165, 1.54) is 10.8 Å². The van der Waals surface area contributed by atoms with Crippen LogP contribution in [0.4, 0.5) is 5.82 Å². The molecule has 1 aliphatic rings. The molecule has 2 atom stereocenters. The van der Waals surface area contributed by atoms with E-state index in [1.54, 1.807) is 0 Å². The van der Waals surface area contributed by atoms with Crippen molar-refractivity contribution in [1.29, 1.82) is 0 Å². The fourth-order valence-electron chi connectivity index (χ4n) is 1.99. The van der Waals surface area contributed by atoms with Gasteiger partial charge in [0.05, 0.1) is 13.2 Å². The summed E-state index contributed by atoms with van der Waals surface area (Å²) in [6.07, 6.45) is 3.11. The maximum atomic E-state index is 10.6. The van der Waals surface area contributed by atoms with Gasteiger partial charge in [0.25, 0.3) is 0 Å². The molecular formula is C11H16ClN3O5. The van der Waals surface area contributed by atoms with Crippen LogP contribution in [0.15, 0.2) is 6.20 Å². The predicted octanol–water partition coefficient (Wildman–Crippen LogP) is 1.35. The van der Waals surface area contributed by atoms with Gasteiger partial charge >= 0.3 is 11.1 Å². The number of imidazole rings is 1. The second-order valence-electron chi connectivity index (χ2n) is 4.51. The van der Waals surface area contributed by atoms with Crippen LogP contribution in [0.5, 0.6) is 0 Å². The highest BCUT2D eigenvalue weighted by Crippen LogP contribution is 2.19. The summed E-state index contributed by atoms with van der Waals surface area (Å²) in [7, 11) is 0. The van der Waals surface area contributed by atoms with Crippen LogP contribution < -0.4 is 0 Å². The molecule has 0 amide bonds. The molecule has 2 heterocycles. The normalized spacial score (nSPS) is 20.8. The Kier molecular flexibility index (Phi) is 5.30.